The van der Waals surface area contributed by atoms with Crippen LogP contribution in [0, 0.1) is 5.82 Å². The van der Waals surface area contributed by atoms with Crippen molar-refractivity contribution in [2.75, 3.05) is 7.05 Å². The molecule has 106 valence electrons. The van der Waals surface area contributed by atoms with Crippen LogP contribution < -0.4 is 10.6 Å². The molecule has 0 saturated carbocycles. The Bertz CT molecular complexity index is 584. The molecule has 0 aliphatic carbocycles. The lowest BCUT2D eigenvalue weighted by Gasteiger charge is -2.12. The second-order valence-corrected chi connectivity index (χ2v) is 5.78. The second kappa shape index (κ2) is 7.40. The summed E-state index contributed by atoms with van der Waals surface area (Å²) in [6.45, 7) is 1.22. The van der Waals surface area contributed by atoms with Crippen LogP contribution in [0.4, 0.5) is 4.39 Å². The fraction of sp³-hybridized carbons (Fsp3) is 0.214. The smallest absolute Gasteiger partial charge is 0.191 e. The van der Waals surface area contributed by atoms with Crippen molar-refractivity contribution in [3.05, 3.63) is 56.4 Å². The lowest BCUT2D eigenvalue weighted by molar-refractivity contribution is 0.624. The minimum absolute atomic E-state index is 0.244. The standard InChI is InChI=1S/C14H15BrFN3S/c1-17-14(18-7-10-4-5-20-9-10)19-8-11-6-12(16)2-3-13(11)15/h2-6,9H,7-8H2,1H3,(H2,17,18,19). The van der Waals surface area contributed by atoms with Crippen molar-refractivity contribution >= 4 is 33.2 Å². The highest BCUT2D eigenvalue weighted by molar-refractivity contribution is 9.10. The Morgan fingerprint density at radius 1 is 1.30 bits per heavy atom. The van der Waals surface area contributed by atoms with Crippen LogP contribution in [0.3, 0.4) is 0 Å². The molecule has 20 heavy (non-hydrogen) atoms. The van der Waals surface area contributed by atoms with Gasteiger partial charge in [0.15, 0.2) is 5.96 Å². The molecule has 0 bridgehead atoms. The number of halogens is 2. The van der Waals surface area contributed by atoms with Gasteiger partial charge in [0.05, 0.1) is 0 Å². The first-order valence-corrected chi connectivity index (χ1v) is 7.82. The Morgan fingerprint density at radius 2 is 2.10 bits per heavy atom. The van der Waals surface area contributed by atoms with E-state index in [1.54, 1.807) is 24.5 Å². The first kappa shape index (κ1) is 15.0. The van der Waals surface area contributed by atoms with Crippen LogP contribution in [0.5, 0.6) is 0 Å². The van der Waals surface area contributed by atoms with Gasteiger partial charge in [0.25, 0.3) is 0 Å². The highest BCUT2D eigenvalue weighted by atomic mass is 79.9. The maximum absolute atomic E-state index is 13.2. The third kappa shape index (κ3) is 4.31. The van der Waals surface area contributed by atoms with E-state index >= 15 is 0 Å². The molecule has 0 aliphatic rings. The number of guanidine groups is 1. The van der Waals surface area contributed by atoms with Crippen LogP contribution in [0.25, 0.3) is 0 Å². The van der Waals surface area contributed by atoms with Gasteiger partial charge in [0.2, 0.25) is 0 Å². The first-order valence-electron chi connectivity index (χ1n) is 6.08. The molecule has 0 saturated heterocycles. The molecule has 2 N–H and O–H groups in total. The van der Waals surface area contributed by atoms with Crippen LogP contribution in [-0.4, -0.2) is 13.0 Å². The summed E-state index contributed by atoms with van der Waals surface area (Å²) < 4.78 is 14.1. The van der Waals surface area contributed by atoms with E-state index in [9.17, 15) is 4.39 Å². The number of nitrogens with zero attached hydrogens (tertiary/aromatic N) is 1. The Morgan fingerprint density at radius 3 is 2.80 bits per heavy atom. The SMILES string of the molecule is CN=C(NCc1ccsc1)NCc1cc(F)ccc1Br. The topological polar surface area (TPSA) is 36.4 Å². The zero-order valence-corrected chi connectivity index (χ0v) is 13.4. The summed E-state index contributed by atoms with van der Waals surface area (Å²) in [7, 11) is 1.71. The van der Waals surface area contributed by atoms with Crippen molar-refractivity contribution in [2.45, 2.75) is 13.1 Å². The maximum Gasteiger partial charge on any atom is 0.191 e. The van der Waals surface area contributed by atoms with Crippen LogP contribution in [0.2, 0.25) is 0 Å². The predicted molar refractivity (Wildman–Crippen MR) is 85.5 cm³/mol. The maximum atomic E-state index is 13.2. The molecule has 2 rings (SSSR count). The van der Waals surface area contributed by atoms with Crippen molar-refractivity contribution in [2.24, 2.45) is 4.99 Å². The highest BCUT2D eigenvalue weighted by Crippen LogP contribution is 2.17. The Balaban J connectivity index is 1.89. The van der Waals surface area contributed by atoms with E-state index in [0.29, 0.717) is 19.0 Å². The van der Waals surface area contributed by atoms with Crippen molar-refractivity contribution in [3.63, 3.8) is 0 Å². The lowest BCUT2D eigenvalue weighted by atomic mass is 10.2. The number of thiophene rings is 1. The van der Waals surface area contributed by atoms with Crippen LogP contribution in [-0.2, 0) is 13.1 Å². The van der Waals surface area contributed by atoms with Crippen LogP contribution >= 0.6 is 27.3 Å². The van der Waals surface area contributed by atoms with E-state index in [2.05, 4.69) is 43.0 Å². The molecule has 6 heteroatoms. The van der Waals surface area contributed by atoms with Crippen molar-refractivity contribution in [3.8, 4) is 0 Å². The van der Waals surface area contributed by atoms with E-state index in [1.807, 2.05) is 5.38 Å². The molecule has 0 fully saturated rings. The fourth-order valence-corrected chi connectivity index (χ4v) is 2.71. The first-order chi connectivity index (χ1) is 9.69. The van der Waals surface area contributed by atoms with Crippen LogP contribution in [0.1, 0.15) is 11.1 Å². The van der Waals surface area contributed by atoms with E-state index in [1.165, 1.54) is 17.7 Å². The number of hydrogen-bond acceptors (Lipinski definition) is 2. The van der Waals surface area contributed by atoms with Gasteiger partial charge in [-0.05, 0) is 46.2 Å². The number of hydrogen-bond donors (Lipinski definition) is 2. The van der Waals surface area contributed by atoms with E-state index in [0.717, 1.165) is 10.0 Å². The zero-order valence-electron chi connectivity index (χ0n) is 11.0. The molecule has 1 aromatic heterocycles. The van der Waals surface area contributed by atoms with Gasteiger partial charge < -0.3 is 10.6 Å². The van der Waals surface area contributed by atoms with E-state index < -0.39 is 0 Å². The molecule has 2 aromatic rings. The van der Waals surface area contributed by atoms with Crippen molar-refractivity contribution in [1.29, 1.82) is 0 Å². The average molecular weight is 356 g/mol. The number of aliphatic imine (C=N–C) groups is 1. The van der Waals surface area contributed by atoms with Gasteiger partial charge in [-0.2, -0.15) is 11.3 Å². The summed E-state index contributed by atoms with van der Waals surface area (Å²) in [6, 6.07) is 6.70. The molecule has 1 heterocycles. The molecule has 0 unspecified atom stereocenters. The van der Waals surface area contributed by atoms with Crippen LogP contribution in [0.15, 0.2) is 44.5 Å². The minimum atomic E-state index is -0.244. The fourth-order valence-electron chi connectivity index (χ4n) is 1.66. The number of benzene rings is 1. The summed E-state index contributed by atoms with van der Waals surface area (Å²) in [5, 5.41) is 10.5. The largest absolute Gasteiger partial charge is 0.352 e. The lowest BCUT2D eigenvalue weighted by Crippen LogP contribution is -2.36. The normalized spacial score (nSPS) is 11.4. The predicted octanol–water partition coefficient (Wildman–Crippen LogP) is 3.51. The van der Waals surface area contributed by atoms with E-state index in [4.69, 9.17) is 0 Å². The van der Waals surface area contributed by atoms with Gasteiger partial charge in [-0.1, -0.05) is 15.9 Å². The highest BCUT2D eigenvalue weighted by Gasteiger charge is 2.04. The number of rotatable bonds is 4. The zero-order chi connectivity index (χ0) is 14.4. The molecular weight excluding hydrogens is 341 g/mol. The minimum Gasteiger partial charge on any atom is -0.352 e. The molecule has 3 nitrogen and oxygen atoms in total. The van der Waals surface area contributed by atoms with Gasteiger partial charge in [-0.15, -0.1) is 0 Å². The van der Waals surface area contributed by atoms with Gasteiger partial charge in [0.1, 0.15) is 5.82 Å². The summed E-state index contributed by atoms with van der Waals surface area (Å²) in [6.07, 6.45) is 0. The third-order valence-electron chi connectivity index (χ3n) is 2.72. The molecule has 0 amide bonds. The second-order valence-electron chi connectivity index (χ2n) is 4.15. The van der Waals surface area contributed by atoms with E-state index in [-0.39, 0.29) is 5.82 Å². The summed E-state index contributed by atoms with van der Waals surface area (Å²) in [5.74, 6) is 0.443. The Labute approximate surface area is 130 Å². The third-order valence-corrected chi connectivity index (χ3v) is 4.22. The average Bonchev–Trinajstić information content (AvgIpc) is 2.96. The Kier molecular flexibility index (Phi) is 5.55. The summed E-state index contributed by atoms with van der Waals surface area (Å²) >= 11 is 5.07. The molecule has 0 aliphatic heterocycles. The quantitative estimate of drug-likeness (QED) is 0.650. The molecular formula is C14H15BrFN3S. The van der Waals surface area contributed by atoms with Gasteiger partial charge in [-0.3, -0.25) is 4.99 Å². The molecule has 0 spiro atoms. The monoisotopic (exact) mass is 355 g/mol. The summed E-state index contributed by atoms with van der Waals surface area (Å²) in [5.41, 5.74) is 2.06. The van der Waals surface area contributed by atoms with Gasteiger partial charge in [0, 0.05) is 24.6 Å². The molecule has 0 radical (unpaired) electrons. The molecule has 1 aromatic carbocycles. The number of nitrogens with one attached hydrogen (secondary N) is 2. The van der Waals surface area contributed by atoms with Crippen molar-refractivity contribution in [1.82, 2.24) is 10.6 Å². The van der Waals surface area contributed by atoms with Crippen molar-refractivity contribution < 1.29 is 4.39 Å². The van der Waals surface area contributed by atoms with Gasteiger partial charge >= 0.3 is 0 Å². The van der Waals surface area contributed by atoms with Gasteiger partial charge in [-0.25, -0.2) is 4.39 Å². The Hall–Kier alpha value is -1.40. The molecule has 0 atom stereocenters. The summed E-state index contributed by atoms with van der Waals surface area (Å²) in [4.78, 5) is 4.14.